The second-order valence-electron chi connectivity index (χ2n) is 9.07. The Kier molecular flexibility index (Phi) is 6.77. The summed E-state index contributed by atoms with van der Waals surface area (Å²) in [5.74, 6) is 2.49. The minimum Gasteiger partial charge on any atom is -0.493 e. The number of pyridine rings is 1. The van der Waals surface area contributed by atoms with Crippen molar-refractivity contribution in [2.24, 2.45) is 5.92 Å². The summed E-state index contributed by atoms with van der Waals surface area (Å²) < 4.78 is 18.5. The first-order valence-corrected chi connectivity index (χ1v) is 12.3. The van der Waals surface area contributed by atoms with Crippen molar-refractivity contribution >= 4 is 22.5 Å². The van der Waals surface area contributed by atoms with Gasteiger partial charge in [-0.05, 0) is 42.5 Å². The van der Waals surface area contributed by atoms with Crippen LogP contribution in [0.15, 0.2) is 51.9 Å². The van der Waals surface area contributed by atoms with Crippen molar-refractivity contribution < 1.29 is 14.0 Å². The molecule has 0 saturated heterocycles. The predicted molar refractivity (Wildman–Crippen MR) is 135 cm³/mol. The highest BCUT2D eigenvalue weighted by atomic mass is 35.5. The van der Waals surface area contributed by atoms with E-state index < -0.39 is 0 Å². The molecule has 1 saturated carbocycles. The number of hydrogen-bond donors (Lipinski definition) is 0. The summed E-state index contributed by atoms with van der Waals surface area (Å²) in [5.41, 5.74) is 1.96. The lowest BCUT2D eigenvalue weighted by Gasteiger charge is -2.19. The zero-order valence-electron chi connectivity index (χ0n) is 19.9. The van der Waals surface area contributed by atoms with Gasteiger partial charge in [-0.15, -0.1) is 0 Å². The highest BCUT2D eigenvalue weighted by Gasteiger charge is 2.21. The number of halogens is 1. The number of benzene rings is 2. The van der Waals surface area contributed by atoms with Crippen molar-refractivity contribution in [3.63, 3.8) is 0 Å². The van der Waals surface area contributed by atoms with Gasteiger partial charge in [0.05, 0.1) is 30.7 Å². The molecule has 0 N–H and O–H groups in total. The van der Waals surface area contributed by atoms with Gasteiger partial charge < -0.3 is 18.6 Å². The molecule has 2 heterocycles. The molecule has 2 aromatic heterocycles. The van der Waals surface area contributed by atoms with Gasteiger partial charge in [-0.1, -0.05) is 48.2 Å². The van der Waals surface area contributed by atoms with Crippen molar-refractivity contribution in [1.82, 2.24) is 14.7 Å². The summed E-state index contributed by atoms with van der Waals surface area (Å²) in [7, 11) is 3.13. The monoisotopic (exact) mass is 493 g/mol. The normalized spacial score (nSPS) is 14.4. The van der Waals surface area contributed by atoms with E-state index in [1.807, 2.05) is 34.9 Å². The first-order valence-electron chi connectivity index (χ1n) is 11.9. The SMILES string of the molecule is COc1cc2c(=O)c(-c3noc(CC4CCCCC4)n3)cn(Cc3ccc(Cl)cc3)c2cc1OC. The minimum atomic E-state index is -0.182. The van der Waals surface area contributed by atoms with Crippen LogP contribution in [0.3, 0.4) is 0 Å². The van der Waals surface area contributed by atoms with Crippen molar-refractivity contribution in [3.8, 4) is 22.9 Å². The van der Waals surface area contributed by atoms with Crippen LogP contribution in [0.1, 0.15) is 43.6 Å². The van der Waals surface area contributed by atoms with Crippen LogP contribution in [-0.2, 0) is 13.0 Å². The molecule has 35 heavy (non-hydrogen) atoms. The number of fused-ring (bicyclic) bond motifs is 1. The summed E-state index contributed by atoms with van der Waals surface area (Å²) in [5, 5.41) is 5.35. The molecule has 1 fully saturated rings. The molecular formula is C27H28ClN3O4. The molecule has 4 aromatic rings. The van der Waals surface area contributed by atoms with Crippen LogP contribution in [0.25, 0.3) is 22.3 Å². The molecule has 2 aromatic carbocycles. The lowest BCUT2D eigenvalue weighted by atomic mass is 9.87. The highest BCUT2D eigenvalue weighted by molar-refractivity contribution is 6.30. The molecule has 0 radical (unpaired) electrons. The fourth-order valence-electron chi connectivity index (χ4n) is 4.88. The maximum absolute atomic E-state index is 13.6. The van der Waals surface area contributed by atoms with Crippen LogP contribution in [0, 0.1) is 5.92 Å². The molecular weight excluding hydrogens is 466 g/mol. The van der Waals surface area contributed by atoms with Crippen LogP contribution in [0.2, 0.25) is 5.02 Å². The Labute approximate surface area is 208 Å². The first kappa shape index (κ1) is 23.4. The molecule has 0 atom stereocenters. The number of methoxy groups -OCH3 is 2. The van der Waals surface area contributed by atoms with Crippen molar-refractivity contribution in [2.45, 2.75) is 45.1 Å². The third kappa shape index (κ3) is 4.91. The molecule has 8 heteroatoms. The molecule has 5 rings (SSSR count). The van der Waals surface area contributed by atoms with E-state index in [0.717, 1.165) is 17.5 Å². The maximum atomic E-state index is 13.6. The molecule has 0 spiro atoms. The molecule has 0 bridgehead atoms. The Morgan fingerprint density at radius 2 is 1.77 bits per heavy atom. The zero-order valence-corrected chi connectivity index (χ0v) is 20.7. The van der Waals surface area contributed by atoms with E-state index in [2.05, 4.69) is 10.1 Å². The van der Waals surface area contributed by atoms with Crippen LogP contribution < -0.4 is 14.9 Å². The summed E-state index contributed by atoms with van der Waals surface area (Å²) in [4.78, 5) is 18.2. The Morgan fingerprint density at radius 1 is 1.06 bits per heavy atom. The van der Waals surface area contributed by atoms with Crippen LogP contribution in [0.4, 0.5) is 0 Å². The molecule has 1 aliphatic rings. The molecule has 0 amide bonds. The van der Waals surface area contributed by atoms with Gasteiger partial charge in [0.2, 0.25) is 17.1 Å². The van der Waals surface area contributed by atoms with E-state index in [1.54, 1.807) is 26.5 Å². The van der Waals surface area contributed by atoms with Gasteiger partial charge >= 0.3 is 0 Å². The fourth-order valence-corrected chi connectivity index (χ4v) is 5.00. The summed E-state index contributed by atoms with van der Waals surface area (Å²) in [6, 6.07) is 11.2. The second-order valence-corrected chi connectivity index (χ2v) is 9.51. The van der Waals surface area contributed by atoms with Crippen LogP contribution in [-0.4, -0.2) is 28.9 Å². The quantitative estimate of drug-likeness (QED) is 0.319. The number of nitrogens with zero attached hydrogens (tertiary/aromatic N) is 3. The largest absolute Gasteiger partial charge is 0.493 e. The Hall–Kier alpha value is -3.32. The summed E-state index contributed by atoms with van der Waals surface area (Å²) in [6.07, 6.45) is 8.70. The van der Waals surface area contributed by atoms with Gasteiger partial charge in [0.1, 0.15) is 0 Å². The van der Waals surface area contributed by atoms with E-state index in [-0.39, 0.29) is 5.43 Å². The topological polar surface area (TPSA) is 79.4 Å². The summed E-state index contributed by atoms with van der Waals surface area (Å²) in [6.45, 7) is 0.517. The van der Waals surface area contributed by atoms with Gasteiger partial charge in [-0.3, -0.25) is 4.79 Å². The van der Waals surface area contributed by atoms with Crippen molar-refractivity contribution in [1.29, 1.82) is 0 Å². The third-order valence-electron chi connectivity index (χ3n) is 6.75. The minimum absolute atomic E-state index is 0.182. The number of rotatable bonds is 7. The number of ether oxygens (including phenoxy) is 2. The zero-order chi connectivity index (χ0) is 24.4. The van der Waals surface area contributed by atoms with E-state index >= 15 is 0 Å². The molecule has 0 unspecified atom stereocenters. The van der Waals surface area contributed by atoms with Gasteiger partial charge in [0.15, 0.2) is 11.5 Å². The van der Waals surface area contributed by atoms with Gasteiger partial charge in [0, 0.05) is 30.3 Å². The lowest BCUT2D eigenvalue weighted by molar-refractivity contribution is 0.305. The van der Waals surface area contributed by atoms with Crippen LogP contribution >= 0.6 is 11.6 Å². The van der Waals surface area contributed by atoms with E-state index in [1.165, 1.54) is 32.1 Å². The van der Waals surface area contributed by atoms with Gasteiger partial charge in [0.25, 0.3) is 0 Å². The smallest absolute Gasteiger partial charge is 0.227 e. The highest BCUT2D eigenvalue weighted by Crippen LogP contribution is 2.32. The van der Waals surface area contributed by atoms with E-state index in [9.17, 15) is 4.79 Å². The number of hydrogen-bond acceptors (Lipinski definition) is 6. The first-order chi connectivity index (χ1) is 17.1. The standard InChI is InChI=1S/C27H28ClN3O4/c1-33-23-13-20-22(14-24(23)34-2)31(15-18-8-10-19(28)11-9-18)16-21(26(20)32)27-29-25(35-30-27)12-17-6-4-3-5-7-17/h8-11,13-14,16-17H,3-7,12,15H2,1-2H3. The fraction of sp³-hybridized carbons (Fsp3) is 0.370. The van der Waals surface area contributed by atoms with E-state index in [0.29, 0.717) is 51.6 Å². The van der Waals surface area contributed by atoms with Gasteiger partial charge in [-0.2, -0.15) is 4.98 Å². The van der Waals surface area contributed by atoms with Crippen molar-refractivity contribution in [2.75, 3.05) is 14.2 Å². The maximum Gasteiger partial charge on any atom is 0.227 e. The van der Waals surface area contributed by atoms with Gasteiger partial charge in [-0.25, -0.2) is 0 Å². The Balaban J connectivity index is 1.60. The second kappa shape index (κ2) is 10.1. The summed E-state index contributed by atoms with van der Waals surface area (Å²) >= 11 is 6.08. The molecule has 182 valence electrons. The average molecular weight is 494 g/mol. The third-order valence-corrected chi connectivity index (χ3v) is 7.00. The Bertz CT molecular complexity index is 1390. The lowest BCUT2D eigenvalue weighted by Crippen LogP contribution is -2.14. The van der Waals surface area contributed by atoms with E-state index in [4.69, 9.17) is 25.6 Å². The number of aromatic nitrogens is 3. The Morgan fingerprint density at radius 3 is 2.49 bits per heavy atom. The predicted octanol–water partition coefficient (Wildman–Crippen LogP) is 5.89. The molecule has 1 aliphatic carbocycles. The molecule has 7 nitrogen and oxygen atoms in total. The van der Waals surface area contributed by atoms with Crippen molar-refractivity contribution in [3.05, 3.63) is 69.3 Å². The van der Waals surface area contributed by atoms with Crippen LogP contribution in [0.5, 0.6) is 11.5 Å². The average Bonchev–Trinajstić information content (AvgIpc) is 3.34. The molecule has 0 aliphatic heterocycles.